The standard InChI is InChI=1S/C16H29N3O4/c1-15(2,3)23-14(21)19-9-7-18(8-10-19)13(20)11-16(22)5-4-6-17-12-16/h17,22H,4-12H2,1-3H3/t16-/m1/s1. The highest BCUT2D eigenvalue weighted by Gasteiger charge is 2.35. The van der Waals surface area contributed by atoms with Gasteiger partial charge < -0.3 is 25.0 Å². The molecular formula is C16H29N3O4. The highest BCUT2D eigenvalue weighted by molar-refractivity contribution is 5.78. The zero-order valence-electron chi connectivity index (χ0n) is 14.4. The summed E-state index contributed by atoms with van der Waals surface area (Å²) in [6.45, 7) is 8.79. The average molecular weight is 327 g/mol. The molecular weight excluding hydrogens is 298 g/mol. The maximum absolute atomic E-state index is 12.4. The molecule has 0 aliphatic carbocycles. The number of hydrogen-bond acceptors (Lipinski definition) is 5. The van der Waals surface area contributed by atoms with Crippen molar-refractivity contribution in [3.63, 3.8) is 0 Å². The lowest BCUT2D eigenvalue weighted by Gasteiger charge is -2.38. The molecule has 2 heterocycles. The number of piperidine rings is 1. The van der Waals surface area contributed by atoms with E-state index in [1.165, 1.54) is 0 Å². The van der Waals surface area contributed by atoms with Crippen molar-refractivity contribution in [1.82, 2.24) is 15.1 Å². The van der Waals surface area contributed by atoms with E-state index < -0.39 is 11.2 Å². The minimum absolute atomic E-state index is 0.0416. The van der Waals surface area contributed by atoms with Crippen LogP contribution in [-0.2, 0) is 9.53 Å². The number of aliphatic hydroxyl groups is 1. The number of piperazine rings is 1. The van der Waals surface area contributed by atoms with Gasteiger partial charge in [0.05, 0.1) is 12.0 Å². The molecule has 0 bridgehead atoms. The van der Waals surface area contributed by atoms with Crippen molar-refractivity contribution in [2.75, 3.05) is 39.3 Å². The van der Waals surface area contributed by atoms with Crippen LogP contribution in [-0.4, -0.2) is 77.4 Å². The summed E-state index contributed by atoms with van der Waals surface area (Å²) in [6.07, 6.45) is 1.35. The Balaban J connectivity index is 1.79. The highest BCUT2D eigenvalue weighted by Crippen LogP contribution is 2.21. The zero-order chi connectivity index (χ0) is 17.1. The van der Waals surface area contributed by atoms with Gasteiger partial charge >= 0.3 is 6.09 Å². The Morgan fingerprint density at radius 3 is 2.30 bits per heavy atom. The number of β-amino-alcohol motifs (C(OH)–C–C–N with tert-alkyl or cyclic N) is 1. The maximum Gasteiger partial charge on any atom is 0.410 e. The average Bonchev–Trinajstić information content (AvgIpc) is 2.46. The predicted molar refractivity (Wildman–Crippen MR) is 86.1 cm³/mol. The summed E-state index contributed by atoms with van der Waals surface area (Å²) in [5, 5.41) is 13.6. The van der Waals surface area contributed by atoms with Crippen molar-refractivity contribution < 1.29 is 19.4 Å². The van der Waals surface area contributed by atoms with Gasteiger partial charge in [0, 0.05) is 32.7 Å². The van der Waals surface area contributed by atoms with Crippen LogP contribution in [0.15, 0.2) is 0 Å². The van der Waals surface area contributed by atoms with E-state index in [1.54, 1.807) is 9.80 Å². The van der Waals surface area contributed by atoms with Gasteiger partial charge in [-0.3, -0.25) is 4.79 Å². The SMILES string of the molecule is CC(C)(C)OC(=O)N1CCN(C(=O)C[C@]2(O)CCCNC2)CC1. The van der Waals surface area contributed by atoms with Crippen molar-refractivity contribution in [1.29, 1.82) is 0 Å². The van der Waals surface area contributed by atoms with Gasteiger partial charge in [0.15, 0.2) is 0 Å². The Bertz CT molecular complexity index is 433. The van der Waals surface area contributed by atoms with E-state index >= 15 is 0 Å². The molecule has 0 saturated carbocycles. The Kier molecular flexibility index (Phi) is 5.52. The number of amides is 2. The number of rotatable bonds is 2. The van der Waals surface area contributed by atoms with Crippen LogP contribution >= 0.6 is 0 Å². The number of nitrogens with zero attached hydrogens (tertiary/aromatic N) is 2. The fraction of sp³-hybridized carbons (Fsp3) is 0.875. The summed E-state index contributed by atoms with van der Waals surface area (Å²) in [6, 6.07) is 0. The van der Waals surface area contributed by atoms with Crippen molar-refractivity contribution in [3.05, 3.63) is 0 Å². The van der Waals surface area contributed by atoms with Gasteiger partial charge in [-0.05, 0) is 40.2 Å². The summed E-state index contributed by atoms with van der Waals surface area (Å²) in [5.41, 5.74) is -1.45. The first-order chi connectivity index (χ1) is 10.7. The van der Waals surface area contributed by atoms with Gasteiger partial charge in [-0.1, -0.05) is 0 Å². The van der Waals surface area contributed by atoms with Crippen LogP contribution in [0.25, 0.3) is 0 Å². The van der Waals surface area contributed by atoms with Crippen LogP contribution in [0.2, 0.25) is 0 Å². The molecule has 2 saturated heterocycles. The first-order valence-electron chi connectivity index (χ1n) is 8.37. The number of carbonyl (C=O) groups is 2. The lowest BCUT2D eigenvalue weighted by molar-refractivity contribution is -0.138. The van der Waals surface area contributed by atoms with Gasteiger partial charge in [0.1, 0.15) is 5.60 Å². The Morgan fingerprint density at radius 2 is 1.78 bits per heavy atom. The largest absolute Gasteiger partial charge is 0.444 e. The second-order valence-electron chi connectivity index (χ2n) is 7.53. The molecule has 0 spiro atoms. The second-order valence-corrected chi connectivity index (χ2v) is 7.53. The van der Waals surface area contributed by atoms with E-state index in [0.29, 0.717) is 39.1 Å². The monoisotopic (exact) mass is 327 g/mol. The Morgan fingerprint density at radius 1 is 1.17 bits per heavy atom. The van der Waals surface area contributed by atoms with E-state index in [2.05, 4.69) is 5.32 Å². The lowest BCUT2D eigenvalue weighted by Crippen LogP contribution is -2.54. The molecule has 7 nitrogen and oxygen atoms in total. The van der Waals surface area contributed by atoms with Crippen molar-refractivity contribution in [3.8, 4) is 0 Å². The van der Waals surface area contributed by atoms with Crippen LogP contribution < -0.4 is 5.32 Å². The van der Waals surface area contributed by atoms with E-state index in [-0.39, 0.29) is 18.4 Å². The molecule has 0 aromatic carbocycles. The number of ether oxygens (including phenoxy) is 1. The lowest BCUT2D eigenvalue weighted by atomic mass is 9.90. The third-order valence-electron chi connectivity index (χ3n) is 4.21. The number of carbonyl (C=O) groups excluding carboxylic acids is 2. The molecule has 2 amide bonds. The summed E-state index contributed by atoms with van der Waals surface area (Å²) >= 11 is 0. The first-order valence-corrected chi connectivity index (χ1v) is 8.37. The van der Waals surface area contributed by atoms with Crippen LogP contribution in [0.3, 0.4) is 0 Å². The van der Waals surface area contributed by atoms with Crippen LogP contribution in [0.5, 0.6) is 0 Å². The molecule has 2 rings (SSSR count). The molecule has 23 heavy (non-hydrogen) atoms. The van der Waals surface area contributed by atoms with Crippen LogP contribution in [0.4, 0.5) is 4.79 Å². The topological polar surface area (TPSA) is 82.1 Å². The fourth-order valence-electron chi connectivity index (χ4n) is 2.96. The fourth-order valence-corrected chi connectivity index (χ4v) is 2.96. The zero-order valence-corrected chi connectivity index (χ0v) is 14.4. The highest BCUT2D eigenvalue weighted by atomic mass is 16.6. The molecule has 2 aliphatic heterocycles. The van der Waals surface area contributed by atoms with Crippen molar-refractivity contribution in [2.45, 2.75) is 51.2 Å². The third-order valence-corrected chi connectivity index (χ3v) is 4.21. The number of nitrogens with one attached hydrogen (secondary N) is 1. The van der Waals surface area contributed by atoms with Gasteiger partial charge in [-0.15, -0.1) is 0 Å². The molecule has 2 fully saturated rings. The van der Waals surface area contributed by atoms with Gasteiger partial charge in [0.25, 0.3) is 0 Å². The van der Waals surface area contributed by atoms with E-state index in [1.807, 2.05) is 20.8 Å². The normalized spacial score (nSPS) is 26.1. The van der Waals surface area contributed by atoms with Gasteiger partial charge in [0.2, 0.25) is 5.91 Å². The Labute approximate surface area is 138 Å². The summed E-state index contributed by atoms with van der Waals surface area (Å²) in [5.74, 6) is -0.0416. The van der Waals surface area contributed by atoms with Crippen LogP contribution in [0.1, 0.15) is 40.0 Å². The van der Waals surface area contributed by atoms with Crippen molar-refractivity contribution in [2.24, 2.45) is 0 Å². The molecule has 0 aromatic heterocycles. The van der Waals surface area contributed by atoms with E-state index in [9.17, 15) is 14.7 Å². The Hall–Kier alpha value is -1.34. The quantitative estimate of drug-likeness (QED) is 0.775. The molecule has 0 radical (unpaired) electrons. The molecule has 2 N–H and O–H groups in total. The second kappa shape index (κ2) is 7.05. The molecule has 1 atom stereocenters. The van der Waals surface area contributed by atoms with Gasteiger partial charge in [-0.25, -0.2) is 4.79 Å². The summed E-state index contributed by atoms with van der Waals surface area (Å²) < 4.78 is 5.35. The van der Waals surface area contributed by atoms with E-state index in [0.717, 1.165) is 13.0 Å². The summed E-state index contributed by atoms with van der Waals surface area (Å²) in [7, 11) is 0. The van der Waals surface area contributed by atoms with Gasteiger partial charge in [-0.2, -0.15) is 0 Å². The maximum atomic E-state index is 12.4. The number of hydrogen-bond donors (Lipinski definition) is 2. The van der Waals surface area contributed by atoms with Crippen LogP contribution in [0, 0.1) is 0 Å². The minimum atomic E-state index is -0.933. The molecule has 0 unspecified atom stereocenters. The van der Waals surface area contributed by atoms with E-state index in [4.69, 9.17) is 4.74 Å². The smallest absolute Gasteiger partial charge is 0.410 e. The van der Waals surface area contributed by atoms with Crippen molar-refractivity contribution >= 4 is 12.0 Å². The first kappa shape index (κ1) is 18.0. The molecule has 132 valence electrons. The molecule has 7 heteroatoms. The third kappa shape index (κ3) is 5.35. The predicted octanol–water partition coefficient (Wildman–Crippen LogP) is 0.570. The minimum Gasteiger partial charge on any atom is -0.444 e. The summed E-state index contributed by atoms with van der Waals surface area (Å²) in [4.78, 5) is 27.8. The molecule has 0 aromatic rings. The molecule has 2 aliphatic rings.